The van der Waals surface area contributed by atoms with Crippen LogP contribution in [0.1, 0.15) is 54.0 Å². The lowest BCUT2D eigenvalue weighted by Gasteiger charge is -2.33. The summed E-state index contributed by atoms with van der Waals surface area (Å²) in [5.74, 6) is 1.25. The number of likely N-dealkylation sites (tertiary alicyclic amines) is 1. The molecule has 1 saturated heterocycles. The molecule has 204 valence electrons. The van der Waals surface area contributed by atoms with Gasteiger partial charge in [-0.1, -0.05) is 84.8 Å². The Labute approximate surface area is 242 Å². The van der Waals surface area contributed by atoms with Gasteiger partial charge in [0.05, 0.1) is 11.6 Å². The van der Waals surface area contributed by atoms with E-state index in [9.17, 15) is 5.26 Å². The molecular formula is C35H35ClN2O2. The van der Waals surface area contributed by atoms with Crippen molar-refractivity contribution in [3.05, 3.63) is 118 Å². The highest BCUT2D eigenvalue weighted by Crippen LogP contribution is 2.39. The summed E-state index contributed by atoms with van der Waals surface area (Å²) in [5, 5.41) is 9.78. The molecule has 1 heterocycles. The first-order valence-corrected chi connectivity index (χ1v) is 14.3. The predicted octanol–water partition coefficient (Wildman–Crippen LogP) is 8.72. The summed E-state index contributed by atoms with van der Waals surface area (Å²) >= 11 is 7.01. The molecule has 5 heteroatoms. The molecule has 0 amide bonds. The standard InChI is InChI=1S/C35H35ClN2O2/c1-25-10-6-7-19-38(25)22-30-17-18-33(34(36)35(30)40-23-28-12-8-11-27(20-28)21-37)39-24-31-15-9-16-32(26(31)2)29-13-4-3-5-14-29/h3-5,8-9,11-18,20,25H,6-7,10,19,22-24H2,1-2H3/t25-/m1/s1. The number of hydrogen-bond acceptors (Lipinski definition) is 4. The van der Waals surface area contributed by atoms with Crippen LogP contribution >= 0.6 is 11.6 Å². The summed E-state index contributed by atoms with van der Waals surface area (Å²) in [5.41, 5.74) is 7.26. The molecule has 1 aliphatic heterocycles. The summed E-state index contributed by atoms with van der Waals surface area (Å²) in [6.07, 6.45) is 3.68. The lowest BCUT2D eigenvalue weighted by atomic mass is 9.97. The van der Waals surface area contributed by atoms with Crippen molar-refractivity contribution in [1.82, 2.24) is 4.90 Å². The molecule has 0 unspecified atom stereocenters. The molecule has 4 aromatic rings. The minimum atomic E-state index is 0.319. The normalized spacial score (nSPS) is 15.4. The fourth-order valence-corrected chi connectivity index (χ4v) is 5.69. The van der Waals surface area contributed by atoms with E-state index in [0.29, 0.717) is 41.3 Å². The van der Waals surface area contributed by atoms with Gasteiger partial charge in [-0.3, -0.25) is 4.90 Å². The first kappa shape index (κ1) is 27.8. The van der Waals surface area contributed by atoms with Gasteiger partial charge in [-0.15, -0.1) is 0 Å². The predicted molar refractivity (Wildman–Crippen MR) is 162 cm³/mol. The third-order valence-corrected chi connectivity index (χ3v) is 8.17. The largest absolute Gasteiger partial charge is 0.487 e. The van der Waals surface area contributed by atoms with Crippen molar-refractivity contribution < 1.29 is 9.47 Å². The second-order valence-corrected chi connectivity index (χ2v) is 10.9. The van der Waals surface area contributed by atoms with Crippen molar-refractivity contribution in [2.45, 2.75) is 58.9 Å². The molecule has 1 fully saturated rings. The number of hydrogen-bond donors (Lipinski definition) is 0. The van der Waals surface area contributed by atoms with Gasteiger partial charge in [0, 0.05) is 18.2 Å². The van der Waals surface area contributed by atoms with E-state index in [1.807, 2.05) is 30.3 Å². The Balaban J connectivity index is 1.40. The number of rotatable bonds is 9. The van der Waals surface area contributed by atoms with E-state index in [1.165, 1.54) is 36.0 Å². The van der Waals surface area contributed by atoms with Gasteiger partial charge in [0.15, 0.2) is 0 Å². The van der Waals surface area contributed by atoms with Crippen molar-refractivity contribution in [1.29, 1.82) is 5.26 Å². The Morgan fingerprint density at radius 2 is 1.73 bits per heavy atom. The van der Waals surface area contributed by atoms with Crippen LogP contribution in [-0.4, -0.2) is 17.5 Å². The maximum absolute atomic E-state index is 9.30. The van der Waals surface area contributed by atoms with Gasteiger partial charge < -0.3 is 9.47 Å². The third-order valence-electron chi connectivity index (χ3n) is 7.81. The van der Waals surface area contributed by atoms with Crippen LogP contribution in [0.3, 0.4) is 0 Å². The highest BCUT2D eigenvalue weighted by Gasteiger charge is 2.22. The molecule has 40 heavy (non-hydrogen) atoms. The number of nitrogens with zero attached hydrogens (tertiary/aromatic N) is 2. The second-order valence-electron chi connectivity index (χ2n) is 10.5. The SMILES string of the molecule is Cc1c(COc2ccc(CN3CCCC[C@H]3C)c(OCc3cccc(C#N)c3)c2Cl)cccc1-c1ccccc1. The van der Waals surface area contributed by atoms with E-state index in [4.69, 9.17) is 21.1 Å². The first-order valence-electron chi connectivity index (χ1n) is 14.0. The van der Waals surface area contributed by atoms with Crippen molar-refractivity contribution in [2.24, 2.45) is 0 Å². The Kier molecular flexibility index (Phi) is 9.06. The molecule has 0 N–H and O–H groups in total. The van der Waals surface area contributed by atoms with E-state index in [1.54, 1.807) is 6.07 Å². The lowest BCUT2D eigenvalue weighted by Crippen LogP contribution is -2.36. The fraction of sp³-hybridized carbons (Fsp3) is 0.286. The van der Waals surface area contributed by atoms with E-state index in [2.05, 4.69) is 73.3 Å². The molecule has 0 aliphatic carbocycles. The van der Waals surface area contributed by atoms with Crippen molar-refractivity contribution in [2.75, 3.05) is 6.54 Å². The van der Waals surface area contributed by atoms with E-state index in [-0.39, 0.29) is 0 Å². The molecule has 4 aromatic carbocycles. The maximum Gasteiger partial charge on any atom is 0.146 e. The fourth-order valence-electron chi connectivity index (χ4n) is 5.39. The maximum atomic E-state index is 9.30. The van der Waals surface area contributed by atoms with Crippen molar-refractivity contribution >= 4 is 11.6 Å². The lowest BCUT2D eigenvalue weighted by molar-refractivity contribution is 0.150. The molecule has 0 spiro atoms. The zero-order chi connectivity index (χ0) is 27.9. The van der Waals surface area contributed by atoms with Gasteiger partial charge >= 0.3 is 0 Å². The van der Waals surface area contributed by atoms with Gasteiger partial charge in [0.1, 0.15) is 29.7 Å². The Hall–Kier alpha value is -3.78. The summed E-state index contributed by atoms with van der Waals surface area (Å²) in [7, 11) is 0. The Bertz CT molecular complexity index is 1500. The van der Waals surface area contributed by atoms with Crippen molar-refractivity contribution in [3.8, 4) is 28.7 Å². The van der Waals surface area contributed by atoms with Gasteiger partial charge in [0.25, 0.3) is 0 Å². The number of piperidine rings is 1. The van der Waals surface area contributed by atoms with Crippen LogP contribution in [0, 0.1) is 18.3 Å². The highest BCUT2D eigenvalue weighted by atomic mass is 35.5. The molecule has 0 bridgehead atoms. The summed E-state index contributed by atoms with van der Waals surface area (Å²) < 4.78 is 12.7. The second kappa shape index (κ2) is 13.0. The number of ether oxygens (including phenoxy) is 2. The van der Waals surface area contributed by atoms with E-state index < -0.39 is 0 Å². The topological polar surface area (TPSA) is 45.5 Å². The molecular weight excluding hydrogens is 516 g/mol. The number of halogens is 1. The first-order chi connectivity index (χ1) is 19.5. The molecule has 1 atom stereocenters. The zero-order valence-electron chi connectivity index (χ0n) is 23.2. The average molecular weight is 551 g/mol. The number of nitriles is 1. The van der Waals surface area contributed by atoms with Crippen LogP contribution in [0.25, 0.3) is 11.1 Å². The number of benzene rings is 4. The van der Waals surface area contributed by atoms with Gasteiger partial charge in [-0.05, 0) is 79.3 Å². The van der Waals surface area contributed by atoms with Crippen molar-refractivity contribution in [3.63, 3.8) is 0 Å². The molecule has 0 aromatic heterocycles. The zero-order valence-corrected chi connectivity index (χ0v) is 24.0. The van der Waals surface area contributed by atoms with Crippen LogP contribution in [0.4, 0.5) is 0 Å². The molecule has 0 radical (unpaired) electrons. The van der Waals surface area contributed by atoms with Gasteiger partial charge in [-0.25, -0.2) is 0 Å². The van der Waals surface area contributed by atoms with Gasteiger partial charge in [0.2, 0.25) is 0 Å². The van der Waals surface area contributed by atoms with Crippen LogP contribution in [0.15, 0.2) is 84.9 Å². The Morgan fingerprint density at radius 1 is 0.900 bits per heavy atom. The molecule has 4 nitrogen and oxygen atoms in total. The monoisotopic (exact) mass is 550 g/mol. The minimum absolute atomic E-state index is 0.319. The van der Waals surface area contributed by atoms with Crippen LogP contribution < -0.4 is 9.47 Å². The van der Waals surface area contributed by atoms with E-state index >= 15 is 0 Å². The smallest absolute Gasteiger partial charge is 0.146 e. The summed E-state index contributed by atoms with van der Waals surface area (Å²) in [6.45, 7) is 6.98. The third kappa shape index (κ3) is 6.50. The summed E-state index contributed by atoms with van der Waals surface area (Å²) in [4.78, 5) is 2.50. The quantitative estimate of drug-likeness (QED) is 0.209. The minimum Gasteiger partial charge on any atom is -0.487 e. The van der Waals surface area contributed by atoms with Crippen LogP contribution in [0.2, 0.25) is 5.02 Å². The highest BCUT2D eigenvalue weighted by molar-refractivity contribution is 6.33. The Morgan fingerprint density at radius 3 is 2.52 bits per heavy atom. The van der Waals surface area contributed by atoms with Gasteiger partial charge in [-0.2, -0.15) is 5.26 Å². The van der Waals surface area contributed by atoms with Crippen LogP contribution in [-0.2, 0) is 19.8 Å². The van der Waals surface area contributed by atoms with Crippen LogP contribution in [0.5, 0.6) is 11.5 Å². The molecule has 5 rings (SSSR count). The van der Waals surface area contributed by atoms with E-state index in [0.717, 1.165) is 29.8 Å². The summed E-state index contributed by atoms with van der Waals surface area (Å²) in [6, 6.07) is 31.0. The average Bonchev–Trinajstić information content (AvgIpc) is 2.99. The molecule has 1 aliphatic rings. The molecule has 0 saturated carbocycles.